The van der Waals surface area contributed by atoms with Gasteiger partial charge in [-0.15, -0.1) is 0 Å². The quantitative estimate of drug-likeness (QED) is 0.166. The van der Waals surface area contributed by atoms with Crippen LogP contribution in [0.3, 0.4) is 0 Å². The van der Waals surface area contributed by atoms with Gasteiger partial charge in [0.2, 0.25) is 0 Å². The van der Waals surface area contributed by atoms with Crippen LogP contribution in [0, 0.1) is 0 Å². The van der Waals surface area contributed by atoms with Gasteiger partial charge in [-0.3, -0.25) is 0 Å². The van der Waals surface area contributed by atoms with Crippen molar-refractivity contribution in [3.05, 3.63) is 156 Å². The molecule has 0 heterocycles. The molecule has 0 unspecified atom stereocenters. The normalized spacial score (nSPS) is 11.8. The third kappa shape index (κ3) is 6.16. The van der Waals surface area contributed by atoms with Gasteiger partial charge in [0.25, 0.3) is 0 Å². The molecule has 5 aromatic rings. The van der Waals surface area contributed by atoms with Crippen LogP contribution in [0.2, 0.25) is 0 Å². The smallest absolute Gasteiger partial charge is 0.0502 e. The molecule has 0 N–H and O–H groups in total. The predicted octanol–water partition coefficient (Wildman–Crippen LogP) is 12.2. The molecular weight excluding hydrogens is 506 g/mol. The van der Waals surface area contributed by atoms with Crippen molar-refractivity contribution in [1.82, 2.24) is 0 Å². The molecule has 5 aromatic carbocycles. The van der Waals surface area contributed by atoms with Crippen molar-refractivity contribution in [3.8, 4) is 22.3 Å². The van der Waals surface area contributed by atoms with E-state index in [9.17, 15) is 0 Å². The lowest BCUT2D eigenvalue weighted by Crippen LogP contribution is -2.15. The van der Waals surface area contributed by atoms with Crippen LogP contribution in [0.25, 0.3) is 27.8 Å². The molecule has 0 fully saturated rings. The molecule has 0 aliphatic heterocycles. The van der Waals surface area contributed by atoms with E-state index in [1.54, 1.807) is 0 Å². The van der Waals surface area contributed by atoms with Gasteiger partial charge in [-0.1, -0.05) is 136 Å². The van der Waals surface area contributed by atoms with Gasteiger partial charge in [-0.05, 0) is 95.0 Å². The number of anilines is 3. The average Bonchev–Trinajstić information content (AvgIpc) is 3.04. The van der Waals surface area contributed by atoms with Crippen molar-refractivity contribution in [1.29, 1.82) is 0 Å². The molecule has 42 heavy (non-hydrogen) atoms. The molecular formula is C41H41N. The van der Waals surface area contributed by atoms with Crippen LogP contribution in [0.5, 0.6) is 0 Å². The fourth-order valence-corrected chi connectivity index (χ4v) is 5.67. The van der Waals surface area contributed by atoms with E-state index in [-0.39, 0.29) is 0 Å². The van der Waals surface area contributed by atoms with Gasteiger partial charge < -0.3 is 4.90 Å². The van der Waals surface area contributed by atoms with Gasteiger partial charge in [-0.25, -0.2) is 0 Å². The number of nitrogens with zero attached hydrogens (tertiary/aromatic N) is 1. The van der Waals surface area contributed by atoms with Gasteiger partial charge in [-0.2, -0.15) is 0 Å². The first-order valence-corrected chi connectivity index (χ1v) is 15.1. The first-order valence-electron chi connectivity index (χ1n) is 15.1. The lowest BCUT2D eigenvalue weighted by atomic mass is 9.93. The van der Waals surface area contributed by atoms with E-state index in [2.05, 4.69) is 179 Å². The summed E-state index contributed by atoms with van der Waals surface area (Å²) in [6.45, 7) is 11.0. The number of allylic oxidation sites excluding steroid dienone is 4. The maximum Gasteiger partial charge on any atom is 0.0502 e. The molecule has 5 rings (SSSR count). The van der Waals surface area contributed by atoms with E-state index >= 15 is 0 Å². The third-order valence-electron chi connectivity index (χ3n) is 7.93. The Morgan fingerprint density at radius 2 is 1.24 bits per heavy atom. The van der Waals surface area contributed by atoms with Crippen LogP contribution in [-0.4, -0.2) is 0 Å². The van der Waals surface area contributed by atoms with E-state index in [0.717, 1.165) is 12.1 Å². The lowest BCUT2D eigenvalue weighted by molar-refractivity contribution is 0.864. The third-order valence-corrected chi connectivity index (χ3v) is 7.93. The Labute approximate surface area is 252 Å². The van der Waals surface area contributed by atoms with Gasteiger partial charge in [0.1, 0.15) is 0 Å². The Bertz CT molecular complexity index is 1670. The standard InChI is InChI=1S/C41H41N/c1-6-15-31(7-2)36-21-20-32(8-3)40(28-36)42(38-25-22-35(23-26-38)33-16-11-9-12-17-33)41-29-37(24-27-39(41)30(4)5)34-18-13-10-14-19-34/h6-7,9-30H,8H2,1-5H3/b15-6-,31-7+. The first-order chi connectivity index (χ1) is 20.5. The van der Waals surface area contributed by atoms with E-state index in [1.807, 2.05) is 0 Å². The van der Waals surface area contributed by atoms with Crippen LogP contribution in [0.1, 0.15) is 57.2 Å². The Balaban J connectivity index is 1.77. The number of hydrogen-bond donors (Lipinski definition) is 0. The molecule has 1 heteroatoms. The van der Waals surface area contributed by atoms with Gasteiger partial charge in [0, 0.05) is 11.4 Å². The predicted molar refractivity (Wildman–Crippen MR) is 184 cm³/mol. The van der Waals surface area contributed by atoms with Crippen molar-refractivity contribution in [2.24, 2.45) is 0 Å². The topological polar surface area (TPSA) is 3.24 Å². The molecule has 0 atom stereocenters. The van der Waals surface area contributed by atoms with Crippen LogP contribution >= 0.6 is 0 Å². The summed E-state index contributed by atoms with van der Waals surface area (Å²) in [5, 5.41) is 0. The van der Waals surface area contributed by atoms with E-state index in [1.165, 1.54) is 55.9 Å². The van der Waals surface area contributed by atoms with Crippen molar-refractivity contribution >= 4 is 22.6 Å². The Hall–Kier alpha value is -4.62. The number of benzene rings is 5. The number of hydrogen-bond acceptors (Lipinski definition) is 1. The number of aryl methyl sites for hydroxylation is 1. The minimum atomic E-state index is 0.360. The van der Waals surface area contributed by atoms with Crippen LogP contribution in [-0.2, 0) is 6.42 Å². The maximum absolute atomic E-state index is 2.49. The Morgan fingerprint density at radius 1 is 0.643 bits per heavy atom. The highest BCUT2D eigenvalue weighted by molar-refractivity contribution is 5.86. The largest absolute Gasteiger partial charge is 0.310 e. The molecule has 0 radical (unpaired) electrons. The van der Waals surface area contributed by atoms with Crippen molar-refractivity contribution in [2.45, 2.75) is 47.0 Å². The second-order valence-corrected chi connectivity index (χ2v) is 11.0. The Morgan fingerprint density at radius 3 is 1.81 bits per heavy atom. The SMILES string of the molecule is C/C=C\C(=C/C)c1ccc(CC)c(N(c2ccc(-c3ccccc3)cc2)c2cc(-c3ccccc3)ccc2C(C)C)c1. The summed E-state index contributed by atoms with van der Waals surface area (Å²) >= 11 is 0. The van der Waals surface area contributed by atoms with Gasteiger partial charge in [0.05, 0.1) is 5.69 Å². The summed E-state index contributed by atoms with van der Waals surface area (Å²) in [5.41, 5.74) is 13.6. The second-order valence-electron chi connectivity index (χ2n) is 11.0. The zero-order valence-electron chi connectivity index (χ0n) is 25.5. The molecule has 0 saturated heterocycles. The molecule has 0 aromatic heterocycles. The van der Waals surface area contributed by atoms with Crippen molar-refractivity contribution < 1.29 is 0 Å². The summed E-state index contributed by atoms with van der Waals surface area (Å²) in [5.74, 6) is 0.360. The minimum absolute atomic E-state index is 0.360. The molecule has 0 aliphatic carbocycles. The van der Waals surface area contributed by atoms with Crippen molar-refractivity contribution in [2.75, 3.05) is 4.90 Å². The first kappa shape index (κ1) is 28.9. The summed E-state index contributed by atoms with van der Waals surface area (Å²) < 4.78 is 0. The van der Waals surface area contributed by atoms with Crippen LogP contribution in [0.15, 0.2) is 140 Å². The van der Waals surface area contributed by atoms with Crippen LogP contribution < -0.4 is 4.90 Å². The highest BCUT2D eigenvalue weighted by atomic mass is 15.1. The van der Waals surface area contributed by atoms with E-state index in [4.69, 9.17) is 0 Å². The molecule has 0 aliphatic rings. The minimum Gasteiger partial charge on any atom is -0.310 e. The Kier molecular flexibility index (Phi) is 9.19. The van der Waals surface area contributed by atoms with Crippen LogP contribution in [0.4, 0.5) is 17.1 Å². The molecule has 0 bridgehead atoms. The lowest BCUT2D eigenvalue weighted by Gasteiger charge is -2.31. The summed E-state index contributed by atoms with van der Waals surface area (Å²) in [6, 6.07) is 44.3. The zero-order chi connectivity index (χ0) is 29.5. The van der Waals surface area contributed by atoms with Crippen molar-refractivity contribution in [3.63, 3.8) is 0 Å². The zero-order valence-corrected chi connectivity index (χ0v) is 25.5. The molecule has 0 spiro atoms. The maximum atomic E-state index is 2.49. The highest BCUT2D eigenvalue weighted by Crippen LogP contribution is 2.44. The fourth-order valence-electron chi connectivity index (χ4n) is 5.67. The monoisotopic (exact) mass is 547 g/mol. The summed E-state index contributed by atoms with van der Waals surface area (Å²) in [6.07, 6.45) is 7.44. The summed E-state index contributed by atoms with van der Waals surface area (Å²) in [4.78, 5) is 2.49. The average molecular weight is 548 g/mol. The van der Waals surface area contributed by atoms with E-state index in [0.29, 0.717) is 5.92 Å². The fraction of sp³-hybridized carbons (Fsp3) is 0.171. The second kappa shape index (κ2) is 13.4. The molecule has 1 nitrogen and oxygen atoms in total. The molecule has 0 amide bonds. The highest BCUT2D eigenvalue weighted by Gasteiger charge is 2.21. The van der Waals surface area contributed by atoms with E-state index < -0.39 is 0 Å². The summed E-state index contributed by atoms with van der Waals surface area (Å²) in [7, 11) is 0. The molecule has 0 saturated carbocycles. The number of rotatable bonds is 9. The van der Waals surface area contributed by atoms with Gasteiger partial charge in [0.15, 0.2) is 0 Å². The molecule has 210 valence electrons. The van der Waals surface area contributed by atoms with Gasteiger partial charge >= 0.3 is 0 Å².